The lowest BCUT2D eigenvalue weighted by Gasteiger charge is -2.27. The van der Waals surface area contributed by atoms with Crippen molar-refractivity contribution in [1.29, 1.82) is 0 Å². The molecule has 1 aromatic rings. The minimum absolute atomic E-state index is 0. The fraction of sp³-hybridized carbons (Fsp3) is 0.455. The van der Waals surface area contributed by atoms with Crippen LogP contribution in [0.4, 0.5) is 0 Å². The van der Waals surface area contributed by atoms with E-state index in [2.05, 4.69) is 5.32 Å². The number of halogens is 2. The summed E-state index contributed by atoms with van der Waals surface area (Å²) >= 11 is 5.87. The van der Waals surface area contributed by atoms with Crippen molar-refractivity contribution in [3.8, 4) is 5.75 Å². The third kappa shape index (κ3) is 3.52. The summed E-state index contributed by atoms with van der Waals surface area (Å²) in [6.07, 6.45) is 0. The fourth-order valence-corrected chi connectivity index (χ4v) is 3.74. The monoisotopic (exact) mass is 326 g/mol. The van der Waals surface area contributed by atoms with Crippen molar-refractivity contribution in [3.63, 3.8) is 0 Å². The summed E-state index contributed by atoms with van der Waals surface area (Å²) in [6, 6.07) is 4.60. The Bertz CT molecular complexity index is 531. The zero-order valence-corrected chi connectivity index (χ0v) is 12.8. The van der Waals surface area contributed by atoms with E-state index in [4.69, 9.17) is 16.3 Å². The standard InChI is InChI=1S/C11H15ClN2O3S.ClH/c1-17-10-3-2-9(12)8-11(10)18(15,16)14-6-4-13-5-7-14;/h2-3,8,13H,4-7H2,1H3;1H. The minimum Gasteiger partial charge on any atom is -0.495 e. The predicted octanol–water partition coefficient (Wildman–Crippen LogP) is 1.36. The Morgan fingerprint density at radius 3 is 2.53 bits per heavy atom. The highest BCUT2D eigenvalue weighted by atomic mass is 35.5. The van der Waals surface area contributed by atoms with Crippen molar-refractivity contribution < 1.29 is 13.2 Å². The molecule has 1 N–H and O–H groups in total. The molecular formula is C11H16Cl2N2O3S. The number of benzene rings is 1. The molecule has 0 saturated carbocycles. The molecule has 8 heteroatoms. The van der Waals surface area contributed by atoms with Gasteiger partial charge < -0.3 is 10.1 Å². The molecule has 1 heterocycles. The van der Waals surface area contributed by atoms with E-state index < -0.39 is 10.0 Å². The average molecular weight is 327 g/mol. The first-order valence-corrected chi connectivity index (χ1v) is 7.42. The molecule has 0 spiro atoms. The molecule has 1 aromatic carbocycles. The molecule has 5 nitrogen and oxygen atoms in total. The number of hydrogen-bond donors (Lipinski definition) is 1. The minimum atomic E-state index is -3.54. The van der Waals surface area contributed by atoms with Gasteiger partial charge in [0.2, 0.25) is 10.0 Å². The fourth-order valence-electron chi connectivity index (χ4n) is 1.88. The Morgan fingerprint density at radius 1 is 1.32 bits per heavy atom. The maximum Gasteiger partial charge on any atom is 0.246 e. The van der Waals surface area contributed by atoms with Crippen molar-refractivity contribution in [2.75, 3.05) is 33.3 Å². The van der Waals surface area contributed by atoms with Gasteiger partial charge >= 0.3 is 0 Å². The SMILES string of the molecule is COc1ccc(Cl)cc1S(=O)(=O)N1CCNCC1.Cl. The maximum atomic E-state index is 12.5. The van der Waals surface area contributed by atoms with Crippen LogP contribution in [-0.2, 0) is 10.0 Å². The van der Waals surface area contributed by atoms with E-state index in [-0.39, 0.29) is 17.3 Å². The molecule has 0 radical (unpaired) electrons. The van der Waals surface area contributed by atoms with Crippen molar-refractivity contribution in [2.24, 2.45) is 0 Å². The zero-order chi connectivity index (χ0) is 13.2. The zero-order valence-electron chi connectivity index (χ0n) is 10.4. The molecule has 19 heavy (non-hydrogen) atoms. The van der Waals surface area contributed by atoms with Gasteiger partial charge in [-0.05, 0) is 18.2 Å². The second-order valence-corrected chi connectivity index (χ2v) is 6.29. The van der Waals surface area contributed by atoms with E-state index in [0.717, 1.165) is 0 Å². The lowest BCUT2D eigenvalue weighted by molar-refractivity contribution is 0.355. The number of piperazine rings is 1. The lowest BCUT2D eigenvalue weighted by atomic mass is 10.3. The number of methoxy groups -OCH3 is 1. The first-order chi connectivity index (χ1) is 8.55. The highest BCUT2D eigenvalue weighted by Gasteiger charge is 2.28. The Balaban J connectivity index is 0.00000180. The van der Waals surface area contributed by atoms with Crippen LogP contribution in [0, 0.1) is 0 Å². The molecule has 0 aliphatic carbocycles. The van der Waals surface area contributed by atoms with Crippen LogP contribution < -0.4 is 10.1 Å². The number of sulfonamides is 1. The molecule has 0 unspecified atom stereocenters. The number of rotatable bonds is 3. The second-order valence-electron chi connectivity index (χ2n) is 3.95. The second kappa shape index (κ2) is 6.76. The van der Waals surface area contributed by atoms with Crippen molar-refractivity contribution in [3.05, 3.63) is 23.2 Å². The molecule has 2 rings (SSSR count). The van der Waals surface area contributed by atoms with Crippen LogP contribution in [0.1, 0.15) is 0 Å². The summed E-state index contributed by atoms with van der Waals surface area (Å²) in [7, 11) is -2.10. The summed E-state index contributed by atoms with van der Waals surface area (Å²) in [4.78, 5) is 0.124. The van der Waals surface area contributed by atoms with Crippen LogP contribution in [0.2, 0.25) is 5.02 Å². The van der Waals surface area contributed by atoms with Gasteiger partial charge in [0.15, 0.2) is 0 Å². The van der Waals surface area contributed by atoms with Gasteiger partial charge in [0.1, 0.15) is 10.6 Å². The number of hydrogen-bond acceptors (Lipinski definition) is 4. The number of ether oxygens (including phenoxy) is 1. The summed E-state index contributed by atoms with van der Waals surface area (Å²) in [5.41, 5.74) is 0. The smallest absolute Gasteiger partial charge is 0.246 e. The van der Waals surface area contributed by atoms with Crippen LogP contribution in [-0.4, -0.2) is 46.0 Å². The van der Waals surface area contributed by atoms with E-state index in [1.165, 1.54) is 17.5 Å². The molecule has 1 fully saturated rings. The Morgan fingerprint density at radius 2 is 1.95 bits per heavy atom. The maximum absolute atomic E-state index is 12.5. The van der Waals surface area contributed by atoms with Crippen molar-refractivity contribution in [2.45, 2.75) is 4.90 Å². The van der Waals surface area contributed by atoms with E-state index in [1.807, 2.05) is 0 Å². The summed E-state index contributed by atoms with van der Waals surface area (Å²) < 4.78 is 31.5. The van der Waals surface area contributed by atoms with Gasteiger partial charge in [0.25, 0.3) is 0 Å². The Hall–Kier alpha value is -0.530. The quantitative estimate of drug-likeness (QED) is 0.911. The van der Waals surface area contributed by atoms with E-state index >= 15 is 0 Å². The molecule has 1 aliphatic heterocycles. The summed E-state index contributed by atoms with van der Waals surface area (Å²) in [6.45, 7) is 2.22. The van der Waals surface area contributed by atoms with Gasteiger partial charge in [-0.3, -0.25) is 0 Å². The molecule has 0 atom stereocenters. The molecule has 108 valence electrons. The van der Waals surface area contributed by atoms with E-state index in [0.29, 0.717) is 37.0 Å². The number of nitrogens with zero attached hydrogens (tertiary/aromatic N) is 1. The van der Waals surface area contributed by atoms with Crippen LogP contribution >= 0.6 is 24.0 Å². The molecule has 0 bridgehead atoms. The number of nitrogens with one attached hydrogen (secondary N) is 1. The predicted molar refractivity (Wildman–Crippen MR) is 76.9 cm³/mol. The molecule has 1 aliphatic rings. The normalized spacial score (nSPS) is 16.7. The Kier molecular flexibility index (Phi) is 5.88. The molecular weight excluding hydrogens is 311 g/mol. The third-order valence-electron chi connectivity index (χ3n) is 2.82. The summed E-state index contributed by atoms with van der Waals surface area (Å²) in [5, 5.41) is 3.49. The van der Waals surface area contributed by atoms with Gasteiger partial charge in [-0.25, -0.2) is 8.42 Å². The van der Waals surface area contributed by atoms with Gasteiger partial charge in [-0.15, -0.1) is 12.4 Å². The Labute approximate surface area is 124 Å². The van der Waals surface area contributed by atoms with Crippen LogP contribution in [0.15, 0.2) is 23.1 Å². The first kappa shape index (κ1) is 16.5. The average Bonchev–Trinajstić information content (AvgIpc) is 2.39. The van der Waals surface area contributed by atoms with Gasteiger partial charge in [-0.2, -0.15) is 4.31 Å². The molecule has 0 aromatic heterocycles. The first-order valence-electron chi connectivity index (χ1n) is 5.60. The van der Waals surface area contributed by atoms with Gasteiger partial charge in [-0.1, -0.05) is 11.6 Å². The van der Waals surface area contributed by atoms with Gasteiger partial charge in [0, 0.05) is 31.2 Å². The van der Waals surface area contributed by atoms with Crippen molar-refractivity contribution in [1.82, 2.24) is 9.62 Å². The van der Waals surface area contributed by atoms with Crippen molar-refractivity contribution >= 4 is 34.0 Å². The molecule has 1 saturated heterocycles. The highest BCUT2D eigenvalue weighted by molar-refractivity contribution is 7.89. The third-order valence-corrected chi connectivity index (χ3v) is 4.97. The van der Waals surface area contributed by atoms with E-state index in [1.54, 1.807) is 12.1 Å². The largest absolute Gasteiger partial charge is 0.495 e. The van der Waals surface area contributed by atoms with Crippen LogP contribution in [0.5, 0.6) is 5.75 Å². The van der Waals surface area contributed by atoms with E-state index in [9.17, 15) is 8.42 Å². The summed E-state index contributed by atoms with van der Waals surface area (Å²) in [5.74, 6) is 0.318. The topological polar surface area (TPSA) is 58.6 Å². The highest BCUT2D eigenvalue weighted by Crippen LogP contribution is 2.29. The lowest BCUT2D eigenvalue weighted by Crippen LogP contribution is -2.46. The van der Waals surface area contributed by atoms with Crippen LogP contribution in [0.3, 0.4) is 0 Å². The molecule has 0 amide bonds. The van der Waals surface area contributed by atoms with Gasteiger partial charge in [0.05, 0.1) is 7.11 Å². The van der Waals surface area contributed by atoms with Crippen LogP contribution in [0.25, 0.3) is 0 Å².